The van der Waals surface area contributed by atoms with Crippen molar-refractivity contribution in [1.29, 1.82) is 0 Å². The average Bonchev–Trinajstić information content (AvgIpc) is 3.24. The second kappa shape index (κ2) is 8.70. The molecule has 3 aromatic heterocycles. The summed E-state index contributed by atoms with van der Waals surface area (Å²) in [6, 6.07) is 8.03. The minimum absolute atomic E-state index is 0.0331. The molecule has 2 aliphatic heterocycles. The second-order valence-corrected chi connectivity index (χ2v) is 9.44. The van der Waals surface area contributed by atoms with Crippen molar-refractivity contribution in [3.63, 3.8) is 0 Å². The third-order valence-electron chi connectivity index (χ3n) is 6.92. The van der Waals surface area contributed by atoms with Crippen molar-refractivity contribution >= 4 is 27.7 Å². The van der Waals surface area contributed by atoms with Crippen molar-refractivity contribution in [2.45, 2.75) is 32.0 Å². The minimum atomic E-state index is -0.945. The fraction of sp³-hybridized carbons (Fsp3) is 0.346. The quantitative estimate of drug-likeness (QED) is 0.456. The highest BCUT2D eigenvalue weighted by Gasteiger charge is 2.28. The summed E-state index contributed by atoms with van der Waals surface area (Å²) in [5.41, 5.74) is 1.26. The Labute approximate surface area is 204 Å². The zero-order valence-corrected chi connectivity index (χ0v) is 19.7. The molecule has 2 saturated heterocycles. The molecule has 0 atom stereocenters. The predicted octanol–water partition coefficient (Wildman–Crippen LogP) is 3.24. The number of piperidine rings is 1. The lowest BCUT2D eigenvalue weighted by Gasteiger charge is -2.29. The Bertz CT molecular complexity index is 1550. The predicted molar refractivity (Wildman–Crippen MR) is 131 cm³/mol. The lowest BCUT2D eigenvalue weighted by molar-refractivity contribution is 0.0668. The van der Waals surface area contributed by atoms with Gasteiger partial charge in [0.15, 0.2) is 5.82 Å². The molecule has 0 radical (unpaired) electrons. The van der Waals surface area contributed by atoms with Gasteiger partial charge in [-0.1, -0.05) is 0 Å². The molecule has 0 saturated carbocycles. The summed E-state index contributed by atoms with van der Waals surface area (Å²) in [5.74, 6) is -0.645. The Balaban J connectivity index is 1.53. The Morgan fingerprint density at radius 2 is 1.92 bits per heavy atom. The number of carbonyl (C=O) groups is 1. The van der Waals surface area contributed by atoms with E-state index in [1.165, 1.54) is 12.3 Å². The Hall–Kier alpha value is -3.79. The molecule has 2 N–H and O–H groups in total. The maximum atomic E-state index is 15.6. The highest BCUT2D eigenvalue weighted by molar-refractivity contribution is 6.05. The number of aromatic nitrogens is 3. The summed E-state index contributed by atoms with van der Waals surface area (Å²) in [4.78, 5) is 36.3. The minimum Gasteiger partial charge on any atom is -0.472 e. The number of likely N-dealkylation sites (tertiary alicyclic amines) is 1. The first-order valence-corrected chi connectivity index (χ1v) is 12.0. The molecule has 2 aliphatic rings. The number of aromatic amines is 1. The van der Waals surface area contributed by atoms with E-state index in [9.17, 15) is 14.0 Å². The molecule has 0 aliphatic carbocycles. The van der Waals surface area contributed by atoms with E-state index in [0.29, 0.717) is 29.9 Å². The number of ether oxygens (including phenoxy) is 1. The van der Waals surface area contributed by atoms with Gasteiger partial charge in [0.2, 0.25) is 5.88 Å². The number of hydrogen-bond acceptors (Lipinski definition) is 5. The van der Waals surface area contributed by atoms with Gasteiger partial charge in [-0.05, 0) is 44.0 Å². The van der Waals surface area contributed by atoms with E-state index in [1.54, 1.807) is 29.2 Å². The topological polar surface area (TPSA) is 92.2 Å². The SMILES string of the molecule is Cc1cc2c(F)c(-n3cc(C(=O)N4CCC(F)CC4)c4nc(OC5CNC5)ccc4c3=O)ccc2[nH]1. The van der Waals surface area contributed by atoms with Gasteiger partial charge in [-0.25, -0.2) is 13.8 Å². The summed E-state index contributed by atoms with van der Waals surface area (Å²) in [6.45, 7) is 3.71. The number of amides is 1. The van der Waals surface area contributed by atoms with Crippen LogP contribution in [0.25, 0.3) is 27.5 Å². The fourth-order valence-corrected chi connectivity index (χ4v) is 4.82. The van der Waals surface area contributed by atoms with Gasteiger partial charge < -0.3 is 19.9 Å². The molecule has 2 fully saturated rings. The monoisotopic (exact) mass is 493 g/mol. The van der Waals surface area contributed by atoms with Crippen LogP contribution in [-0.2, 0) is 0 Å². The summed E-state index contributed by atoms with van der Waals surface area (Å²) in [7, 11) is 0. The van der Waals surface area contributed by atoms with Crippen LogP contribution in [0.1, 0.15) is 28.9 Å². The molecule has 5 heterocycles. The number of rotatable bonds is 4. The molecule has 0 unspecified atom stereocenters. The zero-order valence-electron chi connectivity index (χ0n) is 19.7. The van der Waals surface area contributed by atoms with Crippen molar-refractivity contribution in [3.05, 3.63) is 64.0 Å². The lowest BCUT2D eigenvalue weighted by Crippen LogP contribution is -2.50. The van der Waals surface area contributed by atoms with E-state index in [1.807, 2.05) is 6.92 Å². The molecule has 10 heteroatoms. The van der Waals surface area contributed by atoms with Gasteiger partial charge in [0.25, 0.3) is 11.5 Å². The van der Waals surface area contributed by atoms with Crippen molar-refractivity contribution in [3.8, 4) is 11.6 Å². The van der Waals surface area contributed by atoms with Gasteiger partial charge in [-0.2, -0.15) is 0 Å². The van der Waals surface area contributed by atoms with Gasteiger partial charge >= 0.3 is 0 Å². The highest BCUT2D eigenvalue weighted by Crippen LogP contribution is 2.27. The lowest BCUT2D eigenvalue weighted by atomic mass is 10.1. The Kier molecular flexibility index (Phi) is 5.48. The standard InChI is InChI=1S/C26H25F2N5O3/c1-14-10-18-20(30-14)3-4-21(23(18)28)33-13-19(25(34)32-8-6-15(27)7-9-32)24-17(26(33)35)2-5-22(31-24)36-16-11-29-12-16/h2-5,10,13,15-16,29-30H,6-9,11-12H2,1H3. The summed E-state index contributed by atoms with van der Waals surface area (Å²) in [5, 5.41) is 3.64. The second-order valence-electron chi connectivity index (χ2n) is 9.44. The van der Waals surface area contributed by atoms with E-state index >= 15 is 4.39 Å². The molecule has 0 spiro atoms. The first-order valence-electron chi connectivity index (χ1n) is 12.0. The smallest absolute Gasteiger partial charge is 0.264 e. The summed E-state index contributed by atoms with van der Waals surface area (Å²) >= 11 is 0. The number of nitrogens with one attached hydrogen (secondary N) is 2. The number of benzene rings is 1. The number of halogens is 2. The van der Waals surface area contributed by atoms with E-state index in [4.69, 9.17) is 4.74 Å². The van der Waals surface area contributed by atoms with Crippen molar-refractivity contribution in [2.75, 3.05) is 26.2 Å². The average molecular weight is 494 g/mol. The number of nitrogens with zero attached hydrogens (tertiary/aromatic N) is 3. The van der Waals surface area contributed by atoms with Crippen molar-refractivity contribution < 1.29 is 18.3 Å². The van der Waals surface area contributed by atoms with Crippen molar-refractivity contribution in [1.82, 2.24) is 24.8 Å². The van der Waals surface area contributed by atoms with E-state index in [-0.39, 0.29) is 60.1 Å². The third kappa shape index (κ3) is 3.81. The van der Waals surface area contributed by atoms with Gasteiger partial charge in [-0.15, -0.1) is 0 Å². The first-order chi connectivity index (χ1) is 17.4. The number of hydrogen-bond donors (Lipinski definition) is 2. The normalized spacial score (nSPS) is 17.0. The molecule has 8 nitrogen and oxygen atoms in total. The molecule has 1 aromatic carbocycles. The van der Waals surface area contributed by atoms with Crippen LogP contribution < -0.4 is 15.6 Å². The molecule has 1 amide bonds. The largest absolute Gasteiger partial charge is 0.472 e. The third-order valence-corrected chi connectivity index (χ3v) is 6.92. The molecular weight excluding hydrogens is 468 g/mol. The van der Waals surface area contributed by atoms with Crippen LogP contribution in [0, 0.1) is 12.7 Å². The number of H-pyrrole nitrogens is 1. The molecule has 0 bridgehead atoms. The van der Waals surface area contributed by atoms with E-state index < -0.39 is 17.5 Å². The number of fused-ring (bicyclic) bond motifs is 2. The van der Waals surface area contributed by atoms with Crippen LogP contribution in [0.15, 0.2) is 41.3 Å². The maximum Gasteiger partial charge on any atom is 0.264 e. The van der Waals surface area contributed by atoms with Crippen LogP contribution in [0.2, 0.25) is 0 Å². The number of alkyl halides is 1. The molecule has 186 valence electrons. The molecule has 36 heavy (non-hydrogen) atoms. The zero-order chi connectivity index (χ0) is 25.0. The van der Waals surface area contributed by atoms with Gasteiger partial charge in [0.1, 0.15) is 12.3 Å². The van der Waals surface area contributed by atoms with Gasteiger partial charge in [0, 0.05) is 55.0 Å². The van der Waals surface area contributed by atoms with Crippen LogP contribution >= 0.6 is 0 Å². The van der Waals surface area contributed by atoms with Crippen molar-refractivity contribution in [2.24, 2.45) is 0 Å². The van der Waals surface area contributed by atoms with Gasteiger partial charge in [-0.3, -0.25) is 14.2 Å². The molecule has 4 aromatic rings. The number of aryl methyl sites for hydroxylation is 1. The van der Waals surface area contributed by atoms with Crippen LogP contribution in [0.4, 0.5) is 8.78 Å². The summed E-state index contributed by atoms with van der Waals surface area (Å²) < 4.78 is 36.3. The first kappa shape index (κ1) is 22.7. The van der Waals surface area contributed by atoms with Crippen LogP contribution in [0.3, 0.4) is 0 Å². The number of pyridine rings is 2. The summed E-state index contributed by atoms with van der Waals surface area (Å²) in [6.07, 6.45) is 0.860. The van der Waals surface area contributed by atoms with Crippen LogP contribution in [0.5, 0.6) is 5.88 Å². The highest BCUT2D eigenvalue weighted by atomic mass is 19.1. The maximum absolute atomic E-state index is 15.6. The Morgan fingerprint density at radius 1 is 1.14 bits per heavy atom. The van der Waals surface area contributed by atoms with Crippen LogP contribution in [-0.4, -0.2) is 63.8 Å². The number of carbonyl (C=O) groups excluding carboxylic acids is 1. The molecular formula is C26H25F2N5O3. The van der Waals surface area contributed by atoms with E-state index in [0.717, 1.165) is 10.3 Å². The Morgan fingerprint density at radius 3 is 2.64 bits per heavy atom. The fourth-order valence-electron chi connectivity index (χ4n) is 4.82. The molecule has 6 rings (SSSR count). The van der Waals surface area contributed by atoms with E-state index in [2.05, 4.69) is 15.3 Å². The van der Waals surface area contributed by atoms with Gasteiger partial charge in [0.05, 0.1) is 22.2 Å².